The van der Waals surface area contributed by atoms with E-state index in [1.54, 1.807) is 6.20 Å². The predicted molar refractivity (Wildman–Crippen MR) is 102 cm³/mol. The van der Waals surface area contributed by atoms with Crippen LogP contribution in [0.5, 0.6) is 0 Å². The molecular formula is C21H21N3O2. The number of hydrogen-bond donors (Lipinski definition) is 2. The summed E-state index contributed by atoms with van der Waals surface area (Å²) >= 11 is 0. The Hall–Kier alpha value is -3.10. The van der Waals surface area contributed by atoms with Crippen LogP contribution in [0, 0.1) is 32.6 Å². The highest BCUT2D eigenvalue weighted by atomic mass is 16.3. The molecule has 3 rings (SSSR count). The van der Waals surface area contributed by atoms with Gasteiger partial charge in [-0.1, -0.05) is 18.1 Å². The number of hydrogen-bond acceptors (Lipinski definition) is 3. The van der Waals surface area contributed by atoms with E-state index in [1.807, 2.05) is 55.7 Å². The lowest BCUT2D eigenvalue weighted by Crippen LogP contribution is -2.18. The molecule has 0 aliphatic rings. The third-order valence-electron chi connectivity index (χ3n) is 4.26. The Labute approximate surface area is 152 Å². The third-order valence-corrected chi connectivity index (χ3v) is 4.26. The van der Waals surface area contributed by atoms with E-state index in [-0.39, 0.29) is 18.6 Å². The van der Waals surface area contributed by atoms with Crippen LogP contribution in [0.15, 0.2) is 41.3 Å². The highest BCUT2D eigenvalue weighted by Gasteiger charge is 2.15. The van der Waals surface area contributed by atoms with Crippen molar-refractivity contribution in [1.82, 2.24) is 14.5 Å². The van der Waals surface area contributed by atoms with Crippen molar-refractivity contribution in [2.45, 2.75) is 27.2 Å². The molecule has 2 N–H and O–H groups in total. The Morgan fingerprint density at radius 3 is 2.73 bits per heavy atom. The average Bonchev–Trinajstić information content (AvgIpc) is 2.89. The van der Waals surface area contributed by atoms with E-state index >= 15 is 0 Å². The zero-order valence-corrected chi connectivity index (χ0v) is 15.1. The first-order valence-corrected chi connectivity index (χ1v) is 8.47. The van der Waals surface area contributed by atoms with Crippen LogP contribution < -0.4 is 5.56 Å². The van der Waals surface area contributed by atoms with Gasteiger partial charge in [-0.3, -0.25) is 9.36 Å². The van der Waals surface area contributed by atoms with E-state index in [1.165, 1.54) is 0 Å². The zero-order valence-electron chi connectivity index (χ0n) is 15.1. The second-order valence-electron chi connectivity index (χ2n) is 6.19. The Morgan fingerprint density at radius 1 is 1.19 bits per heavy atom. The van der Waals surface area contributed by atoms with E-state index in [0.717, 1.165) is 28.3 Å². The molecule has 0 aliphatic carbocycles. The minimum atomic E-state index is -0.198. The van der Waals surface area contributed by atoms with Gasteiger partial charge in [-0.15, -0.1) is 0 Å². The first-order chi connectivity index (χ1) is 12.5. The number of pyridine rings is 1. The molecule has 5 heteroatoms. The van der Waals surface area contributed by atoms with Crippen molar-refractivity contribution >= 4 is 0 Å². The second kappa shape index (κ2) is 7.42. The highest BCUT2D eigenvalue weighted by molar-refractivity contribution is 5.48. The van der Waals surface area contributed by atoms with Crippen molar-refractivity contribution in [3.63, 3.8) is 0 Å². The van der Waals surface area contributed by atoms with Crippen LogP contribution in [-0.4, -0.2) is 26.2 Å². The normalized spacial score (nSPS) is 10.5. The quantitative estimate of drug-likeness (QED) is 0.715. The van der Waals surface area contributed by atoms with Gasteiger partial charge in [0.1, 0.15) is 11.5 Å². The number of imidazole rings is 1. The summed E-state index contributed by atoms with van der Waals surface area (Å²) in [4.78, 5) is 19.4. The van der Waals surface area contributed by atoms with Crippen LogP contribution in [-0.2, 0) is 6.42 Å². The van der Waals surface area contributed by atoms with Crippen molar-refractivity contribution in [3.05, 3.63) is 80.8 Å². The number of benzene rings is 1. The number of aromatic nitrogens is 3. The molecule has 5 nitrogen and oxygen atoms in total. The van der Waals surface area contributed by atoms with Gasteiger partial charge < -0.3 is 10.1 Å². The minimum Gasteiger partial charge on any atom is -0.396 e. The summed E-state index contributed by atoms with van der Waals surface area (Å²) in [6.45, 7) is 5.76. The SMILES string of the molecule is Cc1cccc(C#Cc2nc(C)n(-c3cc[nH]c(=O)c3CCO)c2C)c1. The fraction of sp³-hybridized carbons (Fsp3) is 0.238. The number of aromatic amines is 1. The minimum absolute atomic E-state index is 0.0904. The largest absolute Gasteiger partial charge is 0.396 e. The van der Waals surface area contributed by atoms with Crippen molar-refractivity contribution in [2.24, 2.45) is 0 Å². The molecule has 0 saturated carbocycles. The van der Waals surface area contributed by atoms with Crippen LogP contribution in [0.4, 0.5) is 0 Å². The molecule has 0 radical (unpaired) electrons. The molecule has 0 unspecified atom stereocenters. The van der Waals surface area contributed by atoms with Crippen LogP contribution in [0.3, 0.4) is 0 Å². The van der Waals surface area contributed by atoms with Crippen LogP contribution >= 0.6 is 0 Å². The first kappa shape index (κ1) is 17.7. The highest BCUT2D eigenvalue weighted by Crippen LogP contribution is 2.19. The number of aryl methyl sites for hydroxylation is 2. The van der Waals surface area contributed by atoms with Gasteiger partial charge in [0, 0.05) is 30.4 Å². The molecule has 132 valence electrons. The lowest BCUT2D eigenvalue weighted by atomic mass is 10.1. The fourth-order valence-corrected chi connectivity index (χ4v) is 3.03. The van der Waals surface area contributed by atoms with Gasteiger partial charge in [-0.25, -0.2) is 4.98 Å². The summed E-state index contributed by atoms with van der Waals surface area (Å²) in [5.41, 5.74) is 4.72. The molecule has 26 heavy (non-hydrogen) atoms. The number of nitrogens with zero attached hydrogens (tertiary/aromatic N) is 2. The summed E-state index contributed by atoms with van der Waals surface area (Å²) in [6, 6.07) is 9.84. The van der Waals surface area contributed by atoms with Gasteiger partial charge in [-0.2, -0.15) is 0 Å². The van der Waals surface area contributed by atoms with Crippen LogP contribution in [0.2, 0.25) is 0 Å². The lowest BCUT2D eigenvalue weighted by Gasteiger charge is -2.12. The number of nitrogens with one attached hydrogen (secondary N) is 1. The molecule has 0 atom stereocenters. The summed E-state index contributed by atoms with van der Waals surface area (Å²) in [5.74, 6) is 7.04. The Morgan fingerprint density at radius 2 is 2.00 bits per heavy atom. The molecule has 3 aromatic rings. The summed E-state index contributed by atoms with van der Waals surface area (Å²) in [5, 5.41) is 9.29. The van der Waals surface area contributed by atoms with Gasteiger partial charge in [0.15, 0.2) is 0 Å². The number of H-pyrrole nitrogens is 1. The van der Waals surface area contributed by atoms with Crippen molar-refractivity contribution in [1.29, 1.82) is 0 Å². The zero-order chi connectivity index (χ0) is 18.7. The molecule has 0 fully saturated rings. The third kappa shape index (κ3) is 3.46. The van der Waals surface area contributed by atoms with Crippen LogP contribution in [0.25, 0.3) is 5.69 Å². The number of rotatable bonds is 3. The lowest BCUT2D eigenvalue weighted by molar-refractivity contribution is 0.299. The standard InChI is InChI=1S/C21H21N3O2/c1-14-5-4-6-17(13-14)7-8-19-15(2)24(16(3)23-19)20-9-11-22-21(26)18(20)10-12-25/h4-6,9,11,13,25H,10,12H2,1-3H3,(H,22,26). The molecule has 1 aromatic carbocycles. The fourth-order valence-electron chi connectivity index (χ4n) is 3.03. The molecule has 0 aliphatic heterocycles. The van der Waals surface area contributed by atoms with Gasteiger partial charge in [0.25, 0.3) is 5.56 Å². The van der Waals surface area contributed by atoms with E-state index in [0.29, 0.717) is 11.3 Å². The summed E-state index contributed by atoms with van der Waals surface area (Å²) in [7, 11) is 0. The van der Waals surface area contributed by atoms with E-state index in [9.17, 15) is 9.90 Å². The molecule has 0 saturated heterocycles. The smallest absolute Gasteiger partial charge is 0.253 e. The van der Waals surface area contributed by atoms with Crippen LogP contribution in [0.1, 0.15) is 33.9 Å². The van der Waals surface area contributed by atoms with Crippen molar-refractivity contribution in [3.8, 4) is 17.5 Å². The average molecular weight is 347 g/mol. The number of aliphatic hydroxyl groups excluding tert-OH is 1. The Kier molecular flexibility index (Phi) is 5.06. The molecular weight excluding hydrogens is 326 g/mol. The van der Waals surface area contributed by atoms with E-state index < -0.39 is 0 Å². The monoisotopic (exact) mass is 347 g/mol. The van der Waals surface area contributed by atoms with E-state index in [4.69, 9.17) is 0 Å². The summed E-state index contributed by atoms with van der Waals surface area (Å²) in [6.07, 6.45) is 1.89. The maximum absolute atomic E-state index is 12.1. The molecule has 2 aromatic heterocycles. The van der Waals surface area contributed by atoms with Gasteiger partial charge >= 0.3 is 0 Å². The molecule has 0 bridgehead atoms. The first-order valence-electron chi connectivity index (χ1n) is 8.47. The molecule has 0 amide bonds. The summed E-state index contributed by atoms with van der Waals surface area (Å²) < 4.78 is 1.92. The maximum atomic E-state index is 12.1. The predicted octanol–water partition coefficient (Wildman–Crippen LogP) is 2.42. The molecule has 0 spiro atoms. The second-order valence-corrected chi connectivity index (χ2v) is 6.19. The van der Waals surface area contributed by atoms with E-state index in [2.05, 4.69) is 21.8 Å². The van der Waals surface area contributed by atoms with Gasteiger partial charge in [0.05, 0.1) is 11.4 Å². The van der Waals surface area contributed by atoms with Crippen molar-refractivity contribution < 1.29 is 5.11 Å². The Bertz CT molecular complexity index is 1060. The maximum Gasteiger partial charge on any atom is 0.253 e. The molecule has 2 heterocycles. The number of aliphatic hydroxyl groups is 1. The van der Waals surface area contributed by atoms with Gasteiger partial charge in [0.2, 0.25) is 0 Å². The topological polar surface area (TPSA) is 70.9 Å². The van der Waals surface area contributed by atoms with Gasteiger partial charge in [-0.05, 0) is 50.5 Å². The Balaban J connectivity index is 2.08. The van der Waals surface area contributed by atoms with Crippen molar-refractivity contribution in [2.75, 3.05) is 6.61 Å².